The van der Waals surface area contributed by atoms with Crippen LogP contribution in [-0.4, -0.2) is 17.6 Å². The first-order valence-electron chi connectivity index (χ1n) is 6.31. The van der Waals surface area contributed by atoms with Gasteiger partial charge in [-0.3, -0.25) is 0 Å². The summed E-state index contributed by atoms with van der Waals surface area (Å²) in [7, 11) is 0. The normalized spacial score (nSPS) is 15.6. The number of ether oxygens (including phenoxy) is 1. The lowest BCUT2D eigenvalue weighted by molar-refractivity contribution is 0.115. The van der Waals surface area contributed by atoms with Gasteiger partial charge in [0.25, 0.3) is 0 Å². The molecule has 2 rings (SSSR count). The monoisotopic (exact) mass is 254 g/mol. The van der Waals surface area contributed by atoms with Gasteiger partial charge in [0.2, 0.25) is 5.88 Å². The van der Waals surface area contributed by atoms with Gasteiger partial charge >= 0.3 is 0 Å². The number of hydrogen-bond acceptors (Lipinski definition) is 3. The van der Waals surface area contributed by atoms with Crippen molar-refractivity contribution in [1.82, 2.24) is 10.3 Å². The van der Waals surface area contributed by atoms with Crippen LogP contribution in [0.15, 0.2) is 12.3 Å². The number of hydrogen-bond donors (Lipinski definition) is 1. The summed E-state index contributed by atoms with van der Waals surface area (Å²) in [6.45, 7) is 3.97. The number of nitrogens with one attached hydrogen (secondary N) is 1. The third-order valence-electron chi connectivity index (χ3n) is 2.95. The minimum absolute atomic E-state index is 0.323. The zero-order valence-electron chi connectivity index (χ0n) is 10.2. The molecule has 1 fully saturated rings. The molecule has 0 amide bonds. The lowest BCUT2D eigenvalue weighted by Gasteiger charge is -2.26. The average Bonchev–Trinajstić information content (AvgIpc) is 2.26. The Kier molecular flexibility index (Phi) is 4.63. The Labute approximate surface area is 108 Å². The molecule has 1 saturated carbocycles. The Bertz CT molecular complexity index is 366. The Morgan fingerprint density at radius 1 is 1.53 bits per heavy atom. The van der Waals surface area contributed by atoms with E-state index in [4.69, 9.17) is 16.3 Å². The molecule has 0 aromatic carbocycles. The van der Waals surface area contributed by atoms with E-state index in [1.165, 1.54) is 6.42 Å². The molecule has 0 aliphatic heterocycles. The smallest absolute Gasteiger partial charge is 0.232 e. The number of rotatable bonds is 6. The Hall–Kier alpha value is -0.800. The van der Waals surface area contributed by atoms with Crippen molar-refractivity contribution >= 4 is 11.6 Å². The molecule has 3 nitrogen and oxygen atoms in total. The molecule has 1 aromatic heterocycles. The highest BCUT2D eigenvalue weighted by Gasteiger charge is 2.20. The van der Waals surface area contributed by atoms with E-state index in [2.05, 4.69) is 17.2 Å². The van der Waals surface area contributed by atoms with Gasteiger partial charge in [-0.2, -0.15) is 0 Å². The SMILES string of the molecule is CCCNCc1cnc(OC2CCC2)c(Cl)c1. The van der Waals surface area contributed by atoms with Crippen LogP contribution in [0.25, 0.3) is 0 Å². The van der Waals surface area contributed by atoms with Crippen LogP contribution >= 0.6 is 11.6 Å². The number of pyridine rings is 1. The van der Waals surface area contributed by atoms with Crippen molar-refractivity contribution in [2.75, 3.05) is 6.54 Å². The highest BCUT2D eigenvalue weighted by molar-refractivity contribution is 6.31. The van der Waals surface area contributed by atoms with Crippen LogP contribution < -0.4 is 10.1 Å². The lowest BCUT2D eigenvalue weighted by Crippen LogP contribution is -2.25. The van der Waals surface area contributed by atoms with E-state index in [0.717, 1.165) is 37.9 Å². The minimum Gasteiger partial charge on any atom is -0.473 e. The van der Waals surface area contributed by atoms with Crippen molar-refractivity contribution in [1.29, 1.82) is 0 Å². The number of nitrogens with zero attached hydrogens (tertiary/aromatic N) is 1. The Morgan fingerprint density at radius 2 is 2.35 bits per heavy atom. The van der Waals surface area contributed by atoms with Crippen LogP contribution in [0.2, 0.25) is 5.02 Å². The fourth-order valence-electron chi connectivity index (χ4n) is 1.70. The van der Waals surface area contributed by atoms with Crippen molar-refractivity contribution in [2.24, 2.45) is 0 Å². The van der Waals surface area contributed by atoms with E-state index >= 15 is 0 Å². The molecule has 1 aliphatic carbocycles. The van der Waals surface area contributed by atoms with Crippen LogP contribution in [0.4, 0.5) is 0 Å². The van der Waals surface area contributed by atoms with E-state index in [0.29, 0.717) is 17.0 Å². The maximum atomic E-state index is 6.15. The number of aromatic nitrogens is 1. The molecule has 94 valence electrons. The minimum atomic E-state index is 0.323. The van der Waals surface area contributed by atoms with Gasteiger partial charge in [-0.25, -0.2) is 4.98 Å². The van der Waals surface area contributed by atoms with Crippen molar-refractivity contribution in [3.8, 4) is 5.88 Å². The third-order valence-corrected chi connectivity index (χ3v) is 3.22. The third kappa shape index (κ3) is 3.58. The molecular weight excluding hydrogens is 236 g/mol. The van der Waals surface area contributed by atoms with Crippen LogP contribution in [0.1, 0.15) is 38.2 Å². The summed E-state index contributed by atoms with van der Waals surface area (Å²) < 4.78 is 5.70. The highest BCUT2D eigenvalue weighted by Crippen LogP contribution is 2.29. The van der Waals surface area contributed by atoms with Gasteiger partial charge < -0.3 is 10.1 Å². The van der Waals surface area contributed by atoms with Crippen molar-refractivity contribution in [2.45, 2.75) is 45.3 Å². The van der Waals surface area contributed by atoms with Crippen LogP contribution in [0.5, 0.6) is 5.88 Å². The largest absolute Gasteiger partial charge is 0.473 e. The maximum absolute atomic E-state index is 6.15. The molecule has 0 radical (unpaired) electrons. The van der Waals surface area contributed by atoms with Crippen LogP contribution in [-0.2, 0) is 6.54 Å². The first-order valence-corrected chi connectivity index (χ1v) is 6.69. The molecule has 1 N–H and O–H groups in total. The quantitative estimate of drug-likeness (QED) is 0.792. The summed E-state index contributed by atoms with van der Waals surface area (Å²) in [6, 6.07) is 1.94. The van der Waals surface area contributed by atoms with E-state index in [9.17, 15) is 0 Å². The predicted molar refractivity (Wildman–Crippen MR) is 69.5 cm³/mol. The molecule has 0 saturated heterocycles. The second-order valence-corrected chi connectivity index (χ2v) is 4.89. The van der Waals surface area contributed by atoms with E-state index in [-0.39, 0.29) is 0 Å². The van der Waals surface area contributed by atoms with E-state index in [1.807, 2.05) is 12.3 Å². The van der Waals surface area contributed by atoms with Crippen molar-refractivity contribution in [3.63, 3.8) is 0 Å². The fraction of sp³-hybridized carbons (Fsp3) is 0.615. The van der Waals surface area contributed by atoms with Gasteiger partial charge in [0.15, 0.2) is 0 Å². The molecule has 17 heavy (non-hydrogen) atoms. The molecule has 0 spiro atoms. The second kappa shape index (κ2) is 6.22. The molecular formula is C13H19ClN2O. The number of halogens is 1. The van der Waals surface area contributed by atoms with E-state index in [1.54, 1.807) is 0 Å². The summed E-state index contributed by atoms with van der Waals surface area (Å²) in [5, 5.41) is 3.94. The lowest BCUT2D eigenvalue weighted by atomic mass is 9.96. The second-order valence-electron chi connectivity index (χ2n) is 4.48. The maximum Gasteiger partial charge on any atom is 0.232 e. The first kappa shape index (κ1) is 12.7. The molecule has 0 bridgehead atoms. The molecule has 0 atom stereocenters. The molecule has 1 aliphatic rings. The highest BCUT2D eigenvalue weighted by atomic mass is 35.5. The fourth-order valence-corrected chi connectivity index (χ4v) is 1.94. The van der Waals surface area contributed by atoms with Gasteiger partial charge in [-0.15, -0.1) is 0 Å². The van der Waals surface area contributed by atoms with Crippen LogP contribution in [0.3, 0.4) is 0 Å². The van der Waals surface area contributed by atoms with Crippen molar-refractivity contribution in [3.05, 3.63) is 22.8 Å². The molecule has 1 aromatic rings. The molecule has 4 heteroatoms. The standard InChI is InChI=1S/C13H19ClN2O/c1-2-6-15-8-10-7-12(14)13(16-9-10)17-11-4-3-5-11/h7,9,11,15H,2-6,8H2,1H3. The van der Waals surface area contributed by atoms with Gasteiger partial charge in [0, 0.05) is 12.7 Å². The van der Waals surface area contributed by atoms with E-state index < -0.39 is 0 Å². The average molecular weight is 255 g/mol. The van der Waals surface area contributed by atoms with Crippen LogP contribution in [0, 0.1) is 0 Å². The molecule has 0 unspecified atom stereocenters. The zero-order chi connectivity index (χ0) is 12.1. The summed E-state index contributed by atoms with van der Waals surface area (Å²) in [6.07, 6.45) is 6.79. The summed E-state index contributed by atoms with van der Waals surface area (Å²) in [4.78, 5) is 4.28. The van der Waals surface area contributed by atoms with Gasteiger partial charge in [-0.05, 0) is 43.9 Å². The predicted octanol–water partition coefficient (Wildman–Crippen LogP) is 3.17. The van der Waals surface area contributed by atoms with Crippen molar-refractivity contribution < 1.29 is 4.74 Å². The summed E-state index contributed by atoms with van der Waals surface area (Å²) >= 11 is 6.15. The zero-order valence-corrected chi connectivity index (χ0v) is 11.0. The van der Waals surface area contributed by atoms with Gasteiger partial charge in [-0.1, -0.05) is 18.5 Å². The Balaban J connectivity index is 1.90. The topological polar surface area (TPSA) is 34.2 Å². The van der Waals surface area contributed by atoms with Gasteiger partial charge in [0.1, 0.15) is 11.1 Å². The first-order chi connectivity index (χ1) is 8.29. The Morgan fingerprint density at radius 3 is 2.94 bits per heavy atom. The molecule has 1 heterocycles. The summed E-state index contributed by atoms with van der Waals surface area (Å²) in [5.74, 6) is 0.579. The summed E-state index contributed by atoms with van der Waals surface area (Å²) in [5.41, 5.74) is 1.10. The van der Waals surface area contributed by atoms with Gasteiger partial charge in [0.05, 0.1) is 0 Å².